The molecule has 1 saturated heterocycles. The van der Waals surface area contributed by atoms with Crippen molar-refractivity contribution in [2.24, 2.45) is 17.8 Å². The molecule has 4 nitrogen and oxygen atoms in total. The number of fused-ring (bicyclic) bond motifs is 2. The second-order valence-corrected chi connectivity index (χ2v) is 8.14. The molecular formula is C13H23N2O2S+. The van der Waals surface area contributed by atoms with Gasteiger partial charge >= 0.3 is 0 Å². The molecule has 0 amide bonds. The molecule has 0 aromatic carbocycles. The summed E-state index contributed by atoms with van der Waals surface area (Å²) < 4.78 is 24.5. The second-order valence-electron chi connectivity index (χ2n) is 6.16. The van der Waals surface area contributed by atoms with Crippen LogP contribution >= 0.6 is 0 Å². The first-order valence-electron chi connectivity index (χ1n) is 6.99. The molecule has 3 atom stereocenters. The van der Waals surface area contributed by atoms with E-state index >= 15 is 0 Å². The molecule has 0 unspecified atom stereocenters. The molecule has 2 bridgehead atoms. The molecule has 1 saturated carbocycles. The van der Waals surface area contributed by atoms with Gasteiger partial charge in [-0.2, -0.15) is 4.31 Å². The second kappa shape index (κ2) is 4.62. The van der Waals surface area contributed by atoms with Crippen molar-refractivity contribution in [2.45, 2.75) is 12.8 Å². The van der Waals surface area contributed by atoms with Gasteiger partial charge in [-0.1, -0.05) is 12.2 Å². The highest BCUT2D eigenvalue weighted by Crippen LogP contribution is 2.42. The maximum Gasteiger partial charge on any atom is 0.211 e. The molecule has 3 aliphatic rings. The highest BCUT2D eigenvalue weighted by Gasteiger charge is 2.38. The van der Waals surface area contributed by atoms with E-state index in [2.05, 4.69) is 12.2 Å². The average molecular weight is 271 g/mol. The molecule has 0 spiro atoms. The summed E-state index contributed by atoms with van der Waals surface area (Å²) in [4.78, 5) is 1.60. The zero-order valence-electron chi connectivity index (χ0n) is 11.0. The lowest BCUT2D eigenvalue weighted by Gasteiger charge is -2.33. The lowest BCUT2D eigenvalue weighted by Crippen LogP contribution is -3.15. The maximum absolute atomic E-state index is 11.4. The van der Waals surface area contributed by atoms with Crippen LogP contribution in [0.4, 0.5) is 0 Å². The Morgan fingerprint density at radius 3 is 2.44 bits per heavy atom. The van der Waals surface area contributed by atoms with Crippen LogP contribution in [-0.2, 0) is 10.0 Å². The minimum atomic E-state index is -2.98. The molecule has 2 aliphatic carbocycles. The fraction of sp³-hybridized carbons (Fsp3) is 0.846. The third-order valence-electron chi connectivity index (χ3n) is 4.87. The number of allylic oxidation sites excluding steroid dienone is 2. The molecule has 1 heterocycles. The Hall–Kier alpha value is -0.390. The molecule has 1 N–H and O–H groups in total. The van der Waals surface area contributed by atoms with Crippen molar-refractivity contribution >= 4 is 10.0 Å². The Morgan fingerprint density at radius 2 is 1.94 bits per heavy atom. The number of hydrogen-bond donors (Lipinski definition) is 1. The van der Waals surface area contributed by atoms with Crippen LogP contribution in [0.2, 0.25) is 0 Å². The van der Waals surface area contributed by atoms with Gasteiger partial charge in [0, 0.05) is 5.92 Å². The maximum atomic E-state index is 11.4. The van der Waals surface area contributed by atoms with Gasteiger partial charge in [-0.05, 0) is 24.7 Å². The van der Waals surface area contributed by atoms with Gasteiger partial charge in [-0.15, -0.1) is 0 Å². The summed E-state index contributed by atoms with van der Waals surface area (Å²) in [5.74, 6) is 2.51. The van der Waals surface area contributed by atoms with Crippen LogP contribution in [0.3, 0.4) is 0 Å². The number of rotatable bonds is 3. The largest absolute Gasteiger partial charge is 0.333 e. The molecule has 1 aliphatic heterocycles. The zero-order chi connectivity index (χ0) is 12.8. The standard InChI is InChI=1S/C13H22N2O2S/c1-18(16,17)15-6-4-14(5-7-15)10-13-9-11-2-3-12(13)8-11/h2-3,11-13H,4-10H2,1H3/p+1/t11-,12+,13-/m0/s1. The van der Waals surface area contributed by atoms with Gasteiger partial charge in [-0.25, -0.2) is 8.42 Å². The molecule has 3 rings (SSSR count). The Kier molecular flexibility index (Phi) is 3.24. The zero-order valence-corrected chi connectivity index (χ0v) is 11.8. The van der Waals surface area contributed by atoms with Gasteiger partial charge in [0.1, 0.15) is 0 Å². The van der Waals surface area contributed by atoms with Crippen LogP contribution in [0.1, 0.15) is 12.8 Å². The fourth-order valence-electron chi connectivity index (χ4n) is 3.84. The van der Waals surface area contributed by atoms with Crippen molar-refractivity contribution < 1.29 is 13.3 Å². The van der Waals surface area contributed by atoms with Crippen LogP contribution in [0.25, 0.3) is 0 Å². The highest BCUT2D eigenvalue weighted by molar-refractivity contribution is 7.88. The Bertz CT molecular complexity index is 438. The minimum Gasteiger partial charge on any atom is -0.333 e. The van der Waals surface area contributed by atoms with Crippen molar-refractivity contribution in [1.82, 2.24) is 4.31 Å². The molecule has 0 radical (unpaired) electrons. The van der Waals surface area contributed by atoms with E-state index in [4.69, 9.17) is 0 Å². The first kappa shape index (κ1) is 12.6. The quantitative estimate of drug-likeness (QED) is 0.694. The van der Waals surface area contributed by atoms with Crippen LogP contribution < -0.4 is 4.90 Å². The van der Waals surface area contributed by atoms with E-state index in [0.29, 0.717) is 13.1 Å². The predicted octanol–water partition coefficient (Wildman–Crippen LogP) is -0.641. The predicted molar refractivity (Wildman–Crippen MR) is 70.8 cm³/mol. The summed E-state index contributed by atoms with van der Waals surface area (Å²) >= 11 is 0. The van der Waals surface area contributed by atoms with Gasteiger partial charge < -0.3 is 4.90 Å². The number of nitrogens with zero attached hydrogens (tertiary/aromatic N) is 1. The summed E-state index contributed by atoms with van der Waals surface area (Å²) in [5.41, 5.74) is 0. The summed E-state index contributed by atoms with van der Waals surface area (Å²) in [6.07, 6.45) is 8.84. The monoisotopic (exact) mass is 271 g/mol. The smallest absolute Gasteiger partial charge is 0.211 e. The lowest BCUT2D eigenvalue weighted by atomic mass is 9.93. The van der Waals surface area contributed by atoms with Crippen molar-refractivity contribution in [2.75, 3.05) is 39.0 Å². The number of piperazine rings is 1. The summed E-state index contributed by atoms with van der Waals surface area (Å²) in [5, 5.41) is 0. The van der Waals surface area contributed by atoms with Crippen molar-refractivity contribution in [1.29, 1.82) is 0 Å². The van der Waals surface area contributed by atoms with Crippen molar-refractivity contribution in [3.05, 3.63) is 12.2 Å². The topological polar surface area (TPSA) is 41.8 Å². The SMILES string of the molecule is CS(=O)(=O)N1CC[NH+](C[C@@H]2C[C@H]3C=C[C@@H]2C3)CC1. The van der Waals surface area contributed by atoms with Gasteiger partial charge in [0.15, 0.2) is 0 Å². The highest BCUT2D eigenvalue weighted by atomic mass is 32.2. The fourth-order valence-corrected chi connectivity index (χ4v) is 4.68. The first-order chi connectivity index (χ1) is 8.52. The molecule has 0 aromatic heterocycles. The third-order valence-corrected chi connectivity index (χ3v) is 6.17. The number of nitrogens with one attached hydrogen (secondary N) is 1. The van der Waals surface area contributed by atoms with Gasteiger partial charge in [0.05, 0.1) is 39.0 Å². The van der Waals surface area contributed by atoms with E-state index in [-0.39, 0.29) is 0 Å². The Morgan fingerprint density at radius 1 is 1.22 bits per heavy atom. The molecule has 0 aromatic rings. The van der Waals surface area contributed by atoms with Crippen LogP contribution in [0.5, 0.6) is 0 Å². The van der Waals surface area contributed by atoms with E-state index in [1.54, 1.807) is 9.21 Å². The van der Waals surface area contributed by atoms with E-state index in [9.17, 15) is 8.42 Å². The van der Waals surface area contributed by atoms with Crippen molar-refractivity contribution in [3.8, 4) is 0 Å². The molecule has 102 valence electrons. The molecule has 18 heavy (non-hydrogen) atoms. The number of quaternary nitrogens is 1. The van der Waals surface area contributed by atoms with Crippen LogP contribution in [0.15, 0.2) is 12.2 Å². The molecule has 2 fully saturated rings. The van der Waals surface area contributed by atoms with E-state index in [0.717, 1.165) is 30.8 Å². The van der Waals surface area contributed by atoms with Gasteiger partial charge in [0.25, 0.3) is 0 Å². The van der Waals surface area contributed by atoms with Crippen molar-refractivity contribution in [3.63, 3.8) is 0 Å². The molecular weight excluding hydrogens is 248 g/mol. The molecule has 5 heteroatoms. The van der Waals surface area contributed by atoms with Crippen LogP contribution in [-0.4, -0.2) is 51.7 Å². The third kappa shape index (κ3) is 2.49. The Labute approximate surface area is 110 Å². The van der Waals surface area contributed by atoms with E-state index < -0.39 is 10.0 Å². The summed E-state index contributed by atoms with van der Waals surface area (Å²) in [6, 6.07) is 0. The summed E-state index contributed by atoms with van der Waals surface area (Å²) in [7, 11) is -2.98. The van der Waals surface area contributed by atoms with Gasteiger partial charge in [0.2, 0.25) is 10.0 Å². The lowest BCUT2D eigenvalue weighted by molar-refractivity contribution is -0.907. The van der Waals surface area contributed by atoms with E-state index in [1.165, 1.54) is 25.6 Å². The Balaban J connectivity index is 1.50. The van der Waals surface area contributed by atoms with E-state index in [1.807, 2.05) is 0 Å². The minimum absolute atomic E-state index is 0.699. The van der Waals surface area contributed by atoms with Crippen LogP contribution in [0, 0.1) is 17.8 Å². The normalized spacial score (nSPS) is 37.5. The average Bonchev–Trinajstić information content (AvgIpc) is 2.90. The number of sulfonamides is 1. The summed E-state index contributed by atoms with van der Waals surface area (Å²) in [6.45, 7) is 4.59. The number of hydrogen-bond acceptors (Lipinski definition) is 2. The van der Waals surface area contributed by atoms with Gasteiger partial charge in [-0.3, -0.25) is 0 Å². The first-order valence-corrected chi connectivity index (χ1v) is 8.84.